The van der Waals surface area contributed by atoms with E-state index in [1.54, 1.807) is 18.8 Å². The minimum Gasteiger partial charge on any atom is -0.396 e. The molecule has 0 amide bonds. The second-order valence-corrected chi connectivity index (χ2v) is 8.61. The zero-order valence-electron chi connectivity index (χ0n) is 18.1. The van der Waals surface area contributed by atoms with Crippen molar-refractivity contribution in [2.45, 2.75) is 51.2 Å². The second kappa shape index (κ2) is 13.7. The van der Waals surface area contributed by atoms with Gasteiger partial charge < -0.3 is 25.0 Å². The average molecular weight is 541 g/mol. The Kier molecular flexibility index (Phi) is 12.5. The van der Waals surface area contributed by atoms with Crippen LogP contribution in [-0.2, 0) is 17.7 Å². The summed E-state index contributed by atoms with van der Waals surface area (Å²) >= 11 is 1.64. The summed E-state index contributed by atoms with van der Waals surface area (Å²) in [5, 5.41) is 25.8. The molecule has 0 saturated carbocycles. The molecule has 1 unspecified atom stereocenters. The van der Waals surface area contributed by atoms with Crippen LogP contribution in [0.2, 0.25) is 0 Å². The normalized spacial score (nSPS) is 19.4. The summed E-state index contributed by atoms with van der Waals surface area (Å²) in [6.07, 6.45) is 5.60. The lowest BCUT2D eigenvalue weighted by Crippen LogP contribution is -2.44. The zero-order valence-corrected chi connectivity index (χ0v) is 21.3. The van der Waals surface area contributed by atoms with Crippen LogP contribution in [0.1, 0.15) is 38.9 Å². The first-order valence-electron chi connectivity index (χ1n) is 10.1. The highest BCUT2D eigenvalue weighted by Gasteiger charge is 2.34. The van der Waals surface area contributed by atoms with Crippen LogP contribution < -0.4 is 10.6 Å². The van der Waals surface area contributed by atoms with Crippen molar-refractivity contribution in [2.75, 3.05) is 46.2 Å². The van der Waals surface area contributed by atoms with Crippen molar-refractivity contribution in [3.63, 3.8) is 0 Å². The number of aliphatic hydroxyl groups is 1. The molecule has 1 atom stereocenters. The van der Waals surface area contributed by atoms with Crippen LogP contribution in [0.5, 0.6) is 0 Å². The van der Waals surface area contributed by atoms with Crippen LogP contribution in [0.15, 0.2) is 10.1 Å². The Morgan fingerprint density at radius 2 is 2.17 bits per heavy atom. The molecule has 1 aliphatic rings. The van der Waals surface area contributed by atoms with Gasteiger partial charge in [0.05, 0.1) is 6.61 Å². The highest BCUT2D eigenvalue weighted by atomic mass is 127. The lowest BCUT2D eigenvalue weighted by molar-refractivity contribution is 0.127. The SMILES string of the molecule is CN=C(NCCCc1nnc(SC)n1CC(C)C)NCC1(CCO)CCOC1.I. The summed E-state index contributed by atoms with van der Waals surface area (Å²) in [5.41, 5.74) is 0.00779. The largest absolute Gasteiger partial charge is 0.396 e. The molecule has 1 saturated heterocycles. The number of aryl methyl sites for hydroxylation is 1. The molecule has 29 heavy (non-hydrogen) atoms. The third-order valence-electron chi connectivity index (χ3n) is 5.07. The summed E-state index contributed by atoms with van der Waals surface area (Å²) < 4.78 is 7.79. The number of halogens is 1. The van der Waals surface area contributed by atoms with E-state index in [0.717, 1.165) is 68.9 Å². The van der Waals surface area contributed by atoms with Crippen LogP contribution in [0, 0.1) is 11.3 Å². The van der Waals surface area contributed by atoms with E-state index < -0.39 is 0 Å². The van der Waals surface area contributed by atoms with E-state index in [2.05, 4.69) is 44.2 Å². The fourth-order valence-electron chi connectivity index (χ4n) is 3.46. The second-order valence-electron chi connectivity index (χ2n) is 7.84. The number of hydrogen-bond acceptors (Lipinski definition) is 6. The molecule has 3 N–H and O–H groups in total. The van der Waals surface area contributed by atoms with E-state index >= 15 is 0 Å². The number of rotatable bonds is 11. The van der Waals surface area contributed by atoms with Crippen LogP contribution in [0.25, 0.3) is 0 Å². The molecular formula is C19H37IN6O2S. The number of aliphatic imine (C=N–C) groups is 1. The van der Waals surface area contributed by atoms with Gasteiger partial charge in [0, 0.05) is 51.7 Å². The lowest BCUT2D eigenvalue weighted by atomic mass is 9.84. The van der Waals surface area contributed by atoms with Gasteiger partial charge >= 0.3 is 0 Å². The van der Waals surface area contributed by atoms with Crippen molar-refractivity contribution in [2.24, 2.45) is 16.3 Å². The summed E-state index contributed by atoms with van der Waals surface area (Å²) in [7, 11) is 1.78. The molecule has 8 nitrogen and oxygen atoms in total. The first kappa shape index (κ1) is 26.4. The molecule has 1 aliphatic heterocycles. The van der Waals surface area contributed by atoms with Gasteiger partial charge in [0.1, 0.15) is 5.82 Å². The van der Waals surface area contributed by atoms with E-state index in [-0.39, 0.29) is 36.0 Å². The van der Waals surface area contributed by atoms with E-state index in [0.29, 0.717) is 12.5 Å². The fraction of sp³-hybridized carbons (Fsp3) is 0.842. The van der Waals surface area contributed by atoms with E-state index in [1.807, 2.05) is 6.26 Å². The molecule has 1 fully saturated rings. The lowest BCUT2D eigenvalue weighted by Gasteiger charge is -2.27. The van der Waals surface area contributed by atoms with Gasteiger partial charge in [-0.15, -0.1) is 34.2 Å². The van der Waals surface area contributed by atoms with E-state index in [9.17, 15) is 5.11 Å². The Balaban J connectivity index is 0.00000420. The van der Waals surface area contributed by atoms with Gasteiger partial charge in [-0.3, -0.25) is 4.99 Å². The average Bonchev–Trinajstić information content (AvgIpc) is 3.28. The van der Waals surface area contributed by atoms with Gasteiger partial charge in [-0.25, -0.2) is 0 Å². The number of ether oxygens (including phenoxy) is 1. The maximum Gasteiger partial charge on any atom is 0.190 e. The van der Waals surface area contributed by atoms with Crippen molar-refractivity contribution < 1.29 is 9.84 Å². The van der Waals surface area contributed by atoms with Crippen molar-refractivity contribution in [3.05, 3.63) is 5.82 Å². The van der Waals surface area contributed by atoms with Crippen LogP contribution in [0.3, 0.4) is 0 Å². The fourth-order valence-corrected chi connectivity index (χ4v) is 3.98. The van der Waals surface area contributed by atoms with Crippen molar-refractivity contribution in [1.82, 2.24) is 25.4 Å². The van der Waals surface area contributed by atoms with Gasteiger partial charge in [0.15, 0.2) is 11.1 Å². The molecule has 2 rings (SSSR count). The predicted octanol–water partition coefficient (Wildman–Crippen LogP) is 2.16. The third kappa shape index (κ3) is 8.22. The van der Waals surface area contributed by atoms with E-state index in [1.165, 1.54) is 0 Å². The number of nitrogens with zero attached hydrogens (tertiary/aromatic N) is 4. The number of aliphatic hydroxyl groups excluding tert-OH is 1. The van der Waals surface area contributed by atoms with Crippen LogP contribution in [-0.4, -0.2) is 72.0 Å². The summed E-state index contributed by atoms with van der Waals surface area (Å²) in [6, 6.07) is 0. The monoisotopic (exact) mass is 540 g/mol. The molecule has 0 spiro atoms. The van der Waals surface area contributed by atoms with Gasteiger partial charge in [-0.1, -0.05) is 25.6 Å². The Bertz CT molecular complexity index is 620. The number of aromatic nitrogens is 3. The Morgan fingerprint density at radius 1 is 1.38 bits per heavy atom. The van der Waals surface area contributed by atoms with Crippen LogP contribution >= 0.6 is 35.7 Å². The Labute approximate surface area is 196 Å². The quantitative estimate of drug-likeness (QED) is 0.130. The maximum absolute atomic E-state index is 9.35. The standard InChI is InChI=1S/C19H36N6O2S.HI/c1-15(2)12-25-16(23-24-18(25)28-4)6-5-9-21-17(20-3)22-13-19(7-10-26)8-11-27-14-19;/h15,26H,5-14H2,1-4H3,(H2,20,21,22);1H. The summed E-state index contributed by atoms with van der Waals surface area (Å²) in [5.74, 6) is 2.40. The van der Waals surface area contributed by atoms with Crippen molar-refractivity contribution in [1.29, 1.82) is 0 Å². The molecule has 0 bridgehead atoms. The molecule has 1 aromatic heterocycles. The smallest absolute Gasteiger partial charge is 0.190 e. The molecule has 2 heterocycles. The molecule has 0 aromatic carbocycles. The first-order chi connectivity index (χ1) is 13.5. The third-order valence-corrected chi connectivity index (χ3v) is 5.74. The van der Waals surface area contributed by atoms with Gasteiger partial charge in [0.25, 0.3) is 0 Å². The predicted molar refractivity (Wildman–Crippen MR) is 129 cm³/mol. The number of hydrogen-bond donors (Lipinski definition) is 3. The zero-order chi connectivity index (χ0) is 20.4. The minimum absolute atomic E-state index is 0. The number of thioether (sulfide) groups is 1. The highest BCUT2D eigenvalue weighted by molar-refractivity contribution is 14.0. The van der Waals surface area contributed by atoms with Gasteiger partial charge in [-0.05, 0) is 31.4 Å². The molecular weight excluding hydrogens is 503 g/mol. The molecule has 0 radical (unpaired) electrons. The Morgan fingerprint density at radius 3 is 2.76 bits per heavy atom. The molecule has 1 aromatic rings. The maximum atomic E-state index is 9.35. The van der Waals surface area contributed by atoms with Crippen LogP contribution in [0.4, 0.5) is 0 Å². The van der Waals surface area contributed by atoms with E-state index in [4.69, 9.17) is 4.74 Å². The summed E-state index contributed by atoms with van der Waals surface area (Å²) in [6.45, 7) is 8.59. The van der Waals surface area contributed by atoms with Gasteiger partial charge in [0.2, 0.25) is 0 Å². The molecule has 168 valence electrons. The number of nitrogens with one attached hydrogen (secondary N) is 2. The number of guanidine groups is 1. The minimum atomic E-state index is 0. The Hall–Kier alpha value is -0.590. The topological polar surface area (TPSA) is 96.6 Å². The van der Waals surface area contributed by atoms with Gasteiger partial charge in [-0.2, -0.15) is 0 Å². The van der Waals surface area contributed by atoms with Crippen molar-refractivity contribution >= 4 is 41.7 Å². The first-order valence-corrected chi connectivity index (χ1v) is 11.3. The summed E-state index contributed by atoms with van der Waals surface area (Å²) in [4.78, 5) is 4.31. The molecule has 0 aliphatic carbocycles. The van der Waals surface area contributed by atoms with Crippen molar-refractivity contribution in [3.8, 4) is 0 Å². The highest BCUT2D eigenvalue weighted by Crippen LogP contribution is 2.31. The molecule has 10 heteroatoms.